The van der Waals surface area contributed by atoms with Crippen LogP contribution >= 0.6 is 11.8 Å². The van der Waals surface area contributed by atoms with Gasteiger partial charge in [0.1, 0.15) is 5.41 Å². The molecule has 25 heavy (non-hydrogen) atoms. The van der Waals surface area contributed by atoms with Crippen molar-refractivity contribution in [3.63, 3.8) is 0 Å². The molecule has 1 aliphatic heterocycles. The quantitative estimate of drug-likeness (QED) is 0.814. The van der Waals surface area contributed by atoms with Crippen LogP contribution in [0.1, 0.15) is 20.3 Å². The maximum atomic E-state index is 12.0. The Morgan fingerprint density at radius 3 is 2.24 bits per heavy atom. The summed E-state index contributed by atoms with van der Waals surface area (Å²) in [5, 5.41) is 11.9. The van der Waals surface area contributed by atoms with Crippen molar-refractivity contribution in [2.24, 2.45) is 5.41 Å². The molecule has 2 aromatic rings. The fourth-order valence-electron chi connectivity index (χ4n) is 2.73. The van der Waals surface area contributed by atoms with Crippen LogP contribution in [0.25, 0.3) is 0 Å². The minimum Gasteiger partial charge on any atom is -0.355 e. The van der Waals surface area contributed by atoms with E-state index in [1.807, 2.05) is 6.07 Å². The van der Waals surface area contributed by atoms with Crippen molar-refractivity contribution in [2.75, 3.05) is 18.0 Å². The Hall–Kier alpha value is -2.45. The monoisotopic (exact) mass is 351 g/mol. The summed E-state index contributed by atoms with van der Waals surface area (Å²) in [7, 11) is 0. The van der Waals surface area contributed by atoms with E-state index in [9.17, 15) is 4.79 Å². The van der Waals surface area contributed by atoms with Gasteiger partial charge in [0.05, 0.1) is 17.4 Å². The van der Waals surface area contributed by atoms with E-state index in [-0.39, 0.29) is 5.91 Å². The van der Waals surface area contributed by atoms with Crippen molar-refractivity contribution in [3.05, 3.63) is 48.5 Å². The first-order valence-electron chi connectivity index (χ1n) is 8.36. The average Bonchev–Trinajstić information content (AvgIpc) is 2.64. The third-order valence-corrected chi connectivity index (χ3v) is 5.35. The van der Waals surface area contributed by atoms with E-state index in [0.29, 0.717) is 6.54 Å². The van der Waals surface area contributed by atoms with Gasteiger partial charge in [-0.1, -0.05) is 36.0 Å². The Morgan fingerprint density at radius 1 is 1.12 bits per heavy atom. The number of hydrogen-bond acceptors (Lipinski definition) is 4. The number of carbonyl (C=O) groups excluding carboxylic acids is 1. The average molecular weight is 351 g/mol. The molecule has 0 radical (unpaired) electrons. The Kier molecular flexibility index (Phi) is 5.00. The fourth-order valence-corrected chi connectivity index (χ4v) is 3.83. The lowest BCUT2D eigenvalue weighted by Crippen LogP contribution is -2.37. The molecule has 1 aliphatic rings. The third kappa shape index (κ3) is 3.64. The van der Waals surface area contributed by atoms with E-state index in [2.05, 4.69) is 58.7 Å². The summed E-state index contributed by atoms with van der Waals surface area (Å²) in [5.74, 6) is -0.218. The topological polar surface area (TPSA) is 56.1 Å². The Balaban J connectivity index is 1.69. The molecular weight excluding hydrogens is 330 g/mol. The Morgan fingerprint density at radius 2 is 1.68 bits per heavy atom. The number of nitrogens with one attached hydrogen (secondary N) is 1. The molecule has 3 rings (SSSR count). The van der Waals surface area contributed by atoms with Crippen LogP contribution in [-0.2, 0) is 4.79 Å². The first kappa shape index (κ1) is 17.4. The summed E-state index contributed by atoms with van der Waals surface area (Å²) < 4.78 is 0. The zero-order valence-corrected chi connectivity index (χ0v) is 15.3. The van der Waals surface area contributed by atoms with E-state index in [4.69, 9.17) is 5.26 Å². The van der Waals surface area contributed by atoms with E-state index < -0.39 is 5.41 Å². The molecule has 4 nitrogen and oxygen atoms in total. The first-order valence-corrected chi connectivity index (χ1v) is 9.17. The largest absolute Gasteiger partial charge is 0.355 e. The Bertz CT molecular complexity index is 780. The molecule has 128 valence electrons. The fraction of sp³-hybridized carbons (Fsp3) is 0.300. The maximum absolute atomic E-state index is 12.0. The molecule has 0 unspecified atom stereocenters. The summed E-state index contributed by atoms with van der Waals surface area (Å²) in [4.78, 5) is 16.8. The van der Waals surface area contributed by atoms with Crippen LogP contribution in [0.15, 0.2) is 58.3 Å². The highest BCUT2D eigenvalue weighted by molar-refractivity contribution is 7.99. The minimum atomic E-state index is -0.985. The molecule has 2 aromatic carbocycles. The lowest BCUT2D eigenvalue weighted by Gasteiger charge is -2.32. The lowest BCUT2D eigenvalue weighted by atomic mass is 9.95. The number of benzene rings is 2. The number of carbonyl (C=O) groups is 1. The summed E-state index contributed by atoms with van der Waals surface area (Å²) in [6.07, 6.45) is 0.806. The van der Waals surface area contributed by atoms with Crippen LogP contribution in [0.3, 0.4) is 0 Å². The molecule has 0 bridgehead atoms. The number of fused-ring (bicyclic) bond motifs is 2. The summed E-state index contributed by atoms with van der Waals surface area (Å²) in [5.41, 5.74) is 1.42. The van der Waals surface area contributed by atoms with Crippen molar-refractivity contribution in [1.82, 2.24) is 5.32 Å². The van der Waals surface area contributed by atoms with Crippen LogP contribution in [0, 0.1) is 16.7 Å². The normalized spacial score (nSPS) is 12.8. The van der Waals surface area contributed by atoms with Crippen LogP contribution in [0.4, 0.5) is 11.4 Å². The van der Waals surface area contributed by atoms with Gasteiger partial charge in [0, 0.05) is 22.9 Å². The summed E-state index contributed by atoms with van der Waals surface area (Å²) in [6, 6.07) is 18.8. The van der Waals surface area contributed by atoms with Crippen LogP contribution in [0.5, 0.6) is 0 Å². The number of para-hydroxylation sites is 2. The predicted octanol–water partition coefficient (Wildman–Crippen LogP) is 4.35. The number of nitriles is 1. The second kappa shape index (κ2) is 7.20. The molecule has 0 saturated carbocycles. The molecule has 0 spiro atoms. The van der Waals surface area contributed by atoms with Crippen LogP contribution in [-0.4, -0.2) is 19.0 Å². The highest BCUT2D eigenvalue weighted by Gasteiger charge is 2.27. The Labute approximate surface area is 152 Å². The van der Waals surface area contributed by atoms with E-state index in [1.54, 1.807) is 25.6 Å². The van der Waals surface area contributed by atoms with Gasteiger partial charge in [-0.05, 0) is 44.5 Å². The SMILES string of the molecule is CC(C)(C#N)C(=O)NCCCN1c2ccccc2Sc2ccccc21. The number of rotatable bonds is 5. The number of anilines is 2. The summed E-state index contributed by atoms with van der Waals surface area (Å²) >= 11 is 1.79. The zero-order chi connectivity index (χ0) is 17.9. The van der Waals surface area contributed by atoms with Gasteiger partial charge < -0.3 is 10.2 Å². The lowest BCUT2D eigenvalue weighted by molar-refractivity contribution is -0.126. The maximum Gasteiger partial charge on any atom is 0.239 e. The second-order valence-electron chi connectivity index (χ2n) is 6.54. The van der Waals surface area contributed by atoms with Gasteiger partial charge in [0.15, 0.2) is 0 Å². The molecular formula is C20H21N3OS. The molecule has 1 amide bonds. The molecule has 0 fully saturated rings. The van der Waals surface area contributed by atoms with E-state index in [0.717, 1.165) is 13.0 Å². The number of amides is 1. The van der Waals surface area contributed by atoms with Gasteiger partial charge in [0.25, 0.3) is 0 Å². The summed E-state index contributed by atoms with van der Waals surface area (Å²) in [6.45, 7) is 4.63. The highest BCUT2D eigenvalue weighted by atomic mass is 32.2. The van der Waals surface area contributed by atoms with Crippen molar-refractivity contribution in [1.29, 1.82) is 5.26 Å². The predicted molar refractivity (Wildman–Crippen MR) is 101 cm³/mol. The van der Waals surface area contributed by atoms with E-state index >= 15 is 0 Å². The van der Waals surface area contributed by atoms with Crippen molar-refractivity contribution >= 4 is 29.0 Å². The van der Waals surface area contributed by atoms with Crippen molar-refractivity contribution in [3.8, 4) is 6.07 Å². The zero-order valence-electron chi connectivity index (χ0n) is 14.5. The van der Waals surface area contributed by atoms with Gasteiger partial charge in [-0.2, -0.15) is 5.26 Å². The van der Waals surface area contributed by atoms with Gasteiger partial charge in [-0.25, -0.2) is 0 Å². The number of hydrogen-bond donors (Lipinski definition) is 1. The molecule has 1 N–H and O–H groups in total. The smallest absolute Gasteiger partial charge is 0.239 e. The molecule has 5 heteroatoms. The molecule has 0 saturated heterocycles. The van der Waals surface area contributed by atoms with Crippen molar-refractivity contribution < 1.29 is 4.79 Å². The number of nitrogens with zero attached hydrogens (tertiary/aromatic N) is 2. The standard InChI is InChI=1S/C20H21N3OS/c1-20(2,14-21)19(24)22-12-7-13-23-15-8-3-5-10-17(15)25-18-11-6-4-9-16(18)23/h3-6,8-11H,7,12-13H2,1-2H3,(H,22,24). The van der Waals surface area contributed by atoms with Gasteiger partial charge >= 0.3 is 0 Å². The molecule has 1 heterocycles. The highest BCUT2D eigenvalue weighted by Crippen LogP contribution is 2.47. The molecule has 0 aromatic heterocycles. The second-order valence-corrected chi connectivity index (χ2v) is 7.62. The van der Waals surface area contributed by atoms with Gasteiger partial charge in [0.2, 0.25) is 5.91 Å². The minimum absolute atomic E-state index is 0.218. The van der Waals surface area contributed by atoms with Crippen molar-refractivity contribution in [2.45, 2.75) is 30.1 Å². The van der Waals surface area contributed by atoms with Crippen LogP contribution in [0.2, 0.25) is 0 Å². The van der Waals surface area contributed by atoms with Crippen LogP contribution < -0.4 is 10.2 Å². The molecule has 0 aliphatic carbocycles. The first-order chi connectivity index (χ1) is 12.0. The van der Waals surface area contributed by atoms with Gasteiger partial charge in [-0.15, -0.1) is 0 Å². The third-order valence-electron chi connectivity index (χ3n) is 4.22. The molecule has 0 atom stereocenters. The van der Waals surface area contributed by atoms with Gasteiger partial charge in [-0.3, -0.25) is 4.79 Å². The van der Waals surface area contributed by atoms with E-state index in [1.165, 1.54) is 21.2 Å².